The van der Waals surface area contributed by atoms with Crippen molar-refractivity contribution in [3.8, 4) is 0 Å². The van der Waals surface area contributed by atoms with Crippen LogP contribution in [-0.4, -0.2) is 16.2 Å². The van der Waals surface area contributed by atoms with Crippen molar-refractivity contribution < 1.29 is 4.39 Å². The normalized spacial score (nSPS) is 10.3. The van der Waals surface area contributed by atoms with Gasteiger partial charge in [0.05, 0.1) is 5.02 Å². The van der Waals surface area contributed by atoms with E-state index in [4.69, 9.17) is 11.6 Å². The highest BCUT2D eigenvalue weighted by Gasteiger charge is 2.02. The summed E-state index contributed by atoms with van der Waals surface area (Å²) >= 11 is 7.21. The van der Waals surface area contributed by atoms with Crippen LogP contribution in [0.25, 0.3) is 0 Å². The van der Waals surface area contributed by atoms with Gasteiger partial charge in [-0.05, 0) is 24.5 Å². The number of anilines is 2. The highest BCUT2D eigenvalue weighted by atomic mass is 35.5. The molecule has 0 radical (unpaired) electrons. The Morgan fingerprint density at radius 1 is 1.29 bits per heavy atom. The lowest BCUT2D eigenvalue weighted by Gasteiger charge is -2.06. The van der Waals surface area contributed by atoms with E-state index in [9.17, 15) is 4.39 Å². The van der Waals surface area contributed by atoms with Crippen LogP contribution in [0.5, 0.6) is 0 Å². The van der Waals surface area contributed by atoms with E-state index >= 15 is 0 Å². The summed E-state index contributed by atoms with van der Waals surface area (Å²) in [5.41, 5.74) is 0.683. The van der Waals surface area contributed by atoms with Crippen molar-refractivity contribution in [3.05, 3.63) is 41.4 Å². The minimum Gasteiger partial charge on any atom is -0.340 e. The van der Waals surface area contributed by atoms with Gasteiger partial charge in [0.15, 0.2) is 0 Å². The number of benzene rings is 1. The lowest BCUT2D eigenvalue weighted by Crippen LogP contribution is -1.95. The van der Waals surface area contributed by atoms with Gasteiger partial charge >= 0.3 is 0 Å². The summed E-state index contributed by atoms with van der Waals surface area (Å²) in [5.74, 6) is 0.205. The number of hydrogen-bond donors (Lipinski definition) is 1. The molecule has 0 spiro atoms. The van der Waals surface area contributed by atoms with Gasteiger partial charge in [-0.2, -0.15) is 0 Å². The molecular weight excluding hydrogens is 261 g/mol. The van der Waals surface area contributed by atoms with E-state index < -0.39 is 5.82 Å². The Labute approximate surface area is 107 Å². The third-order valence-electron chi connectivity index (χ3n) is 2.04. The second-order valence-electron chi connectivity index (χ2n) is 3.20. The van der Waals surface area contributed by atoms with Gasteiger partial charge in [-0.15, -0.1) is 11.8 Å². The monoisotopic (exact) mass is 269 g/mol. The maximum absolute atomic E-state index is 13.0. The summed E-state index contributed by atoms with van der Waals surface area (Å²) in [5, 5.41) is 3.97. The zero-order valence-electron chi connectivity index (χ0n) is 8.95. The average molecular weight is 270 g/mol. The Kier molecular flexibility index (Phi) is 3.81. The molecule has 0 amide bonds. The summed E-state index contributed by atoms with van der Waals surface area (Å²) in [4.78, 5) is 8.12. The predicted octanol–water partition coefficient (Wildman–Crippen LogP) is 3.73. The van der Waals surface area contributed by atoms with Crippen LogP contribution in [-0.2, 0) is 0 Å². The van der Waals surface area contributed by atoms with Gasteiger partial charge in [0.1, 0.15) is 23.0 Å². The van der Waals surface area contributed by atoms with Gasteiger partial charge in [-0.3, -0.25) is 0 Å². The highest BCUT2D eigenvalue weighted by Crippen LogP contribution is 2.22. The van der Waals surface area contributed by atoms with Gasteiger partial charge in [-0.1, -0.05) is 11.6 Å². The number of hydrogen-bond acceptors (Lipinski definition) is 4. The summed E-state index contributed by atoms with van der Waals surface area (Å²) in [6.45, 7) is 0. The molecule has 1 aromatic carbocycles. The molecule has 0 saturated heterocycles. The van der Waals surface area contributed by atoms with E-state index in [0.717, 1.165) is 5.03 Å². The average Bonchev–Trinajstić information content (AvgIpc) is 2.34. The van der Waals surface area contributed by atoms with Crippen molar-refractivity contribution in [2.24, 2.45) is 0 Å². The van der Waals surface area contributed by atoms with Crippen molar-refractivity contribution in [2.45, 2.75) is 5.03 Å². The van der Waals surface area contributed by atoms with Crippen LogP contribution in [0.1, 0.15) is 0 Å². The number of halogens is 2. The summed E-state index contributed by atoms with van der Waals surface area (Å²) in [7, 11) is 0. The van der Waals surface area contributed by atoms with Crippen LogP contribution in [0.4, 0.5) is 15.9 Å². The summed E-state index contributed by atoms with van der Waals surface area (Å²) in [6.07, 6.45) is 3.40. The minimum atomic E-state index is -0.440. The number of thioether (sulfide) groups is 1. The van der Waals surface area contributed by atoms with E-state index in [1.807, 2.05) is 12.3 Å². The highest BCUT2D eigenvalue weighted by molar-refractivity contribution is 7.98. The van der Waals surface area contributed by atoms with Gasteiger partial charge < -0.3 is 5.32 Å². The fraction of sp³-hybridized carbons (Fsp3) is 0.0909. The van der Waals surface area contributed by atoms with Crippen LogP contribution >= 0.6 is 23.4 Å². The third kappa shape index (κ3) is 3.08. The molecule has 3 nitrogen and oxygen atoms in total. The van der Waals surface area contributed by atoms with Crippen LogP contribution in [0, 0.1) is 5.82 Å². The first kappa shape index (κ1) is 12.1. The molecule has 0 unspecified atom stereocenters. The first-order chi connectivity index (χ1) is 8.19. The van der Waals surface area contributed by atoms with Crippen LogP contribution in [0.15, 0.2) is 35.6 Å². The fourth-order valence-corrected chi connectivity index (χ4v) is 1.80. The topological polar surface area (TPSA) is 37.8 Å². The molecule has 0 saturated carbocycles. The van der Waals surface area contributed by atoms with Gasteiger partial charge in [-0.25, -0.2) is 14.4 Å². The van der Waals surface area contributed by atoms with E-state index in [0.29, 0.717) is 11.5 Å². The molecule has 0 fully saturated rings. The first-order valence-corrected chi connectivity index (χ1v) is 6.37. The standard InChI is InChI=1S/C11H9ClFN3S/c1-17-11-5-10(14-6-15-11)16-7-2-3-9(13)8(12)4-7/h2-6H,1H3,(H,14,15,16). The quantitative estimate of drug-likeness (QED) is 0.680. The van der Waals surface area contributed by atoms with Crippen molar-refractivity contribution in [1.29, 1.82) is 0 Å². The molecule has 2 rings (SSSR count). The molecule has 1 N–H and O–H groups in total. The Hall–Kier alpha value is -1.33. The zero-order chi connectivity index (χ0) is 12.3. The lowest BCUT2D eigenvalue weighted by molar-refractivity contribution is 0.628. The molecule has 0 aliphatic rings. The molecule has 17 heavy (non-hydrogen) atoms. The van der Waals surface area contributed by atoms with Gasteiger partial charge in [0.2, 0.25) is 0 Å². The molecule has 0 aliphatic heterocycles. The van der Waals surface area contributed by atoms with Crippen molar-refractivity contribution in [2.75, 3.05) is 11.6 Å². The van der Waals surface area contributed by atoms with Crippen molar-refractivity contribution in [1.82, 2.24) is 9.97 Å². The molecule has 2 aromatic rings. The van der Waals surface area contributed by atoms with Crippen molar-refractivity contribution >= 4 is 34.9 Å². The number of nitrogens with zero attached hydrogens (tertiary/aromatic N) is 2. The Bertz CT molecular complexity index is 536. The van der Waals surface area contributed by atoms with Crippen LogP contribution < -0.4 is 5.32 Å². The number of aromatic nitrogens is 2. The molecule has 88 valence electrons. The van der Waals surface area contributed by atoms with E-state index in [1.54, 1.807) is 6.07 Å². The number of rotatable bonds is 3. The van der Waals surface area contributed by atoms with Gasteiger partial charge in [0.25, 0.3) is 0 Å². The predicted molar refractivity (Wildman–Crippen MR) is 68.5 cm³/mol. The largest absolute Gasteiger partial charge is 0.340 e. The van der Waals surface area contributed by atoms with Crippen LogP contribution in [0.3, 0.4) is 0 Å². The maximum atomic E-state index is 13.0. The molecule has 1 heterocycles. The van der Waals surface area contributed by atoms with Crippen molar-refractivity contribution in [3.63, 3.8) is 0 Å². The zero-order valence-corrected chi connectivity index (χ0v) is 10.5. The molecule has 1 aromatic heterocycles. The Morgan fingerprint density at radius 3 is 2.82 bits per heavy atom. The van der Waals surface area contributed by atoms with E-state index in [2.05, 4.69) is 15.3 Å². The van der Waals surface area contributed by atoms with Crippen LogP contribution in [0.2, 0.25) is 5.02 Å². The minimum absolute atomic E-state index is 0.0779. The smallest absolute Gasteiger partial charge is 0.141 e. The third-order valence-corrected chi connectivity index (χ3v) is 2.97. The number of nitrogens with one attached hydrogen (secondary N) is 1. The molecule has 0 aliphatic carbocycles. The Balaban J connectivity index is 2.22. The SMILES string of the molecule is CSc1cc(Nc2ccc(F)c(Cl)c2)ncn1. The summed E-state index contributed by atoms with van der Waals surface area (Å²) < 4.78 is 13.0. The first-order valence-electron chi connectivity index (χ1n) is 4.77. The maximum Gasteiger partial charge on any atom is 0.141 e. The summed E-state index contributed by atoms with van der Waals surface area (Å²) in [6, 6.07) is 6.23. The molecule has 6 heteroatoms. The van der Waals surface area contributed by atoms with E-state index in [-0.39, 0.29) is 5.02 Å². The molecule has 0 bridgehead atoms. The molecule has 0 atom stereocenters. The second kappa shape index (κ2) is 5.33. The lowest BCUT2D eigenvalue weighted by atomic mass is 10.3. The second-order valence-corrected chi connectivity index (χ2v) is 4.43. The molecular formula is C11H9ClFN3S. The Morgan fingerprint density at radius 2 is 2.12 bits per heavy atom. The van der Waals surface area contributed by atoms with E-state index in [1.165, 1.54) is 30.2 Å². The van der Waals surface area contributed by atoms with Gasteiger partial charge in [0, 0.05) is 11.8 Å². The fourth-order valence-electron chi connectivity index (χ4n) is 1.24.